The number of nitrogens with one attached hydrogen (secondary N) is 1. The average molecular weight is 283 g/mol. The number of hydrogen-bond donors (Lipinski definition) is 1. The van der Waals surface area contributed by atoms with Crippen molar-refractivity contribution in [3.05, 3.63) is 29.8 Å². The van der Waals surface area contributed by atoms with Crippen LogP contribution in [-0.2, 0) is 11.2 Å². The van der Waals surface area contributed by atoms with E-state index in [1.54, 1.807) is 0 Å². The van der Waals surface area contributed by atoms with Gasteiger partial charge in [-0.15, -0.1) is 12.4 Å². The maximum absolute atomic E-state index is 12.4. The Balaban J connectivity index is 0.00000133. The summed E-state index contributed by atoms with van der Waals surface area (Å²) in [6.07, 6.45) is 0.791. The summed E-state index contributed by atoms with van der Waals surface area (Å²) in [6, 6.07) is 8.33. The summed E-state index contributed by atoms with van der Waals surface area (Å²) in [4.78, 5) is 14.2. The van der Waals surface area contributed by atoms with Crippen molar-refractivity contribution in [3.8, 4) is 5.75 Å². The van der Waals surface area contributed by atoms with Gasteiger partial charge in [0.2, 0.25) is 5.91 Å². The van der Waals surface area contributed by atoms with E-state index in [0.29, 0.717) is 12.6 Å². The molecule has 1 saturated heterocycles. The molecule has 0 spiro atoms. The van der Waals surface area contributed by atoms with Crippen LogP contribution in [0.15, 0.2) is 24.3 Å². The predicted octanol–water partition coefficient (Wildman–Crippen LogP) is 1.09. The van der Waals surface area contributed by atoms with Gasteiger partial charge in [-0.25, -0.2) is 0 Å². The van der Waals surface area contributed by atoms with Crippen molar-refractivity contribution in [1.29, 1.82) is 0 Å². The molecule has 104 valence electrons. The molecule has 2 aliphatic heterocycles. The van der Waals surface area contributed by atoms with Crippen LogP contribution in [0.25, 0.3) is 0 Å². The topological polar surface area (TPSA) is 41.6 Å². The number of nitrogens with zero attached hydrogens (tertiary/aromatic N) is 1. The third kappa shape index (κ3) is 2.69. The predicted molar refractivity (Wildman–Crippen MR) is 75.8 cm³/mol. The lowest BCUT2D eigenvalue weighted by Gasteiger charge is -2.38. The minimum atomic E-state index is -0.0366. The number of ether oxygens (including phenoxy) is 1. The molecule has 0 bridgehead atoms. The molecule has 0 aliphatic carbocycles. The molecule has 1 fully saturated rings. The van der Waals surface area contributed by atoms with Gasteiger partial charge in [-0.3, -0.25) is 4.79 Å². The Kier molecular flexibility index (Phi) is 4.32. The van der Waals surface area contributed by atoms with Gasteiger partial charge < -0.3 is 15.0 Å². The molecule has 19 heavy (non-hydrogen) atoms. The smallest absolute Gasteiger partial charge is 0.229 e. The van der Waals surface area contributed by atoms with E-state index in [9.17, 15) is 4.79 Å². The fourth-order valence-electron chi connectivity index (χ4n) is 2.50. The average Bonchev–Trinajstić information content (AvgIpc) is 2.35. The van der Waals surface area contributed by atoms with E-state index in [0.717, 1.165) is 30.8 Å². The highest BCUT2D eigenvalue weighted by Crippen LogP contribution is 2.27. The standard InChI is InChI=1S/C14H18N2O2.ClH/c1-16(12-7-15-8-12)14(17)11-6-10-4-2-3-5-13(10)18-9-11;/h2-5,11-12,15H,6-9H2,1H3;1H. The van der Waals surface area contributed by atoms with Gasteiger partial charge in [0.1, 0.15) is 12.4 Å². The number of benzene rings is 1. The van der Waals surface area contributed by atoms with Crippen molar-refractivity contribution in [1.82, 2.24) is 10.2 Å². The van der Waals surface area contributed by atoms with Gasteiger partial charge in [-0.05, 0) is 18.1 Å². The quantitative estimate of drug-likeness (QED) is 0.883. The first kappa shape index (κ1) is 14.2. The summed E-state index contributed by atoms with van der Waals surface area (Å²) >= 11 is 0. The monoisotopic (exact) mass is 282 g/mol. The molecule has 4 nitrogen and oxygen atoms in total. The molecular formula is C14H19ClN2O2. The van der Waals surface area contributed by atoms with E-state index in [4.69, 9.17) is 4.74 Å². The number of hydrogen-bond acceptors (Lipinski definition) is 3. The Bertz CT molecular complexity index is 463. The SMILES string of the molecule is CN(C(=O)C1COc2ccccc2C1)C1CNC1.Cl. The molecule has 1 aromatic rings. The molecule has 1 amide bonds. The van der Waals surface area contributed by atoms with Gasteiger partial charge in [0.25, 0.3) is 0 Å². The van der Waals surface area contributed by atoms with Gasteiger partial charge in [-0.1, -0.05) is 18.2 Å². The molecule has 5 heteroatoms. The van der Waals surface area contributed by atoms with E-state index in [1.165, 1.54) is 0 Å². The summed E-state index contributed by atoms with van der Waals surface area (Å²) in [6.45, 7) is 2.32. The zero-order valence-electron chi connectivity index (χ0n) is 11.0. The number of para-hydroxylation sites is 1. The Hall–Kier alpha value is -1.26. The number of halogens is 1. The van der Waals surface area contributed by atoms with Crippen LogP contribution in [0.3, 0.4) is 0 Å². The highest BCUT2D eigenvalue weighted by molar-refractivity contribution is 5.85. The van der Waals surface area contributed by atoms with Crippen molar-refractivity contribution in [3.63, 3.8) is 0 Å². The summed E-state index contributed by atoms with van der Waals surface area (Å²) in [5, 5.41) is 3.19. The maximum Gasteiger partial charge on any atom is 0.229 e. The van der Waals surface area contributed by atoms with E-state index in [-0.39, 0.29) is 24.2 Å². The van der Waals surface area contributed by atoms with Crippen LogP contribution in [0.5, 0.6) is 5.75 Å². The zero-order chi connectivity index (χ0) is 12.5. The fraction of sp³-hybridized carbons (Fsp3) is 0.500. The molecule has 3 rings (SSSR count). The maximum atomic E-state index is 12.4. The summed E-state index contributed by atoms with van der Waals surface area (Å²) in [5.74, 6) is 1.09. The van der Waals surface area contributed by atoms with Crippen molar-refractivity contribution in [2.45, 2.75) is 12.5 Å². The third-order valence-electron chi connectivity index (χ3n) is 3.88. The summed E-state index contributed by atoms with van der Waals surface area (Å²) < 4.78 is 5.68. The van der Waals surface area contributed by atoms with E-state index in [1.807, 2.05) is 36.2 Å². The second-order valence-electron chi connectivity index (χ2n) is 5.08. The minimum absolute atomic E-state index is 0. The van der Waals surface area contributed by atoms with Crippen LogP contribution in [-0.4, -0.2) is 43.6 Å². The first-order valence-corrected chi connectivity index (χ1v) is 6.44. The van der Waals surface area contributed by atoms with Crippen LogP contribution >= 0.6 is 12.4 Å². The second kappa shape index (κ2) is 5.80. The van der Waals surface area contributed by atoms with E-state index >= 15 is 0 Å². The Morgan fingerprint density at radius 3 is 2.79 bits per heavy atom. The first-order valence-electron chi connectivity index (χ1n) is 6.44. The number of likely N-dealkylation sites (N-methyl/N-ethyl adjacent to an activating group) is 1. The molecule has 1 N–H and O–H groups in total. The Morgan fingerprint density at radius 1 is 1.37 bits per heavy atom. The van der Waals surface area contributed by atoms with Crippen molar-refractivity contribution < 1.29 is 9.53 Å². The van der Waals surface area contributed by atoms with E-state index < -0.39 is 0 Å². The zero-order valence-corrected chi connectivity index (χ0v) is 11.8. The lowest BCUT2D eigenvalue weighted by molar-refractivity contribution is -0.138. The molecule has 1 atom stereocenters. The lowest BCUT2D eigenvalue weighted by Crippen LogP contribution is -2.59. The molecule has 1 aromatic carbocycles. The van der Waals surface area contributed by atoms with Crippen LogP contribution in [0.4, 0.5) is 0 Å². The number of fused-ring (bicyclic) bond motifs is 1. The molecule has 2 heterocycles. The van der Waals surface area contributed by atoms with Gasteiger partial charge in [-0.2, -0.15) is 0 Å². The lowest BCUT2D eigenvalue weighted by atomic mass is 9.95. The Morgan fingerprint density at radius 2 is 2.11 bits per heavy atom. The molecule has 1 unspecified atom stereocenters. The molecular weight excluding hydrogens is 264 g/mol. The third-order valence-corrected chi connectivity index (χ3v) is 3.88. The summed E-state index contributed by atoms with van der Waals surface area (Å²) in [5.41, 5.74) is 1.14. The molecule has 0 saturated carbocycles. The van der Waals surface area contributed by atoms with E-state index in [2.05, 4.69) is 5.32 Å². The number of carbonyl (C=O) groups excluding carboxylic acids is 1. The van der Waals surface area contributed by atoms with Crippen molar-refractivity contribution in [2.75, 3.05) is 26.7 Å². The van der Waals surface area contributed by atoms with Gasteiger partial charge in [0, 0.05) is 20.1 Å². The molecule has 2 aliphatic rings. The normalized spacial score (nSPS) is 21.4. The highest BCUT2D eigenvalue weighted by Gasteiger charge is 2.32. The Labute approximate surface area is 119 Å². The van der Waals surface area contributed by atoms with Crippen molar-refractivity contribution >= 4 is 18.3 Å². The molecule has 0 radical (unpaired) electrons. The summed E-state index contributed by atoms with van der Waals surface area (Å²) in [7, 11) is 1.90. The molecule has 0 aromatic heterocycles. The van der Waals surface area contributed by atoms with Crippen molar-refractivity contribution in [2.24, 2.45) is 5.92 Å². The second-order valence-corrected chi connectivity index (χ2v) is 5.08. The first-order chi connectivity index (χ1) is 8.75. The minimum Gasteiger partial charge on any atom is -0.492 e. The van der Waals surface area contributed by atoms with Crippen LogP contribution < -0.4 is 10.1 Å². The number of carbonyl (C=O) groups is 1. The largest absolute Gasteiger partial charge is 0.492 e. The van der Waals surface area contributed by atoms with Crippen LogP contribution in [0.1, 0.15) is 5.56 Å². The van der Waals surface area contributed by atoms with Crippen LogP contribution in [0, 0.1) is 5.92 Å². The highest BCUT2D eigenvalue weighted by atomic mass is 35.5. The number of amides is 1. The van der Waals surface area contributed by atoms with Gasteiger partial charge >= 0.3 is 0 Å². The fourth-order valence-corrected chi connectivity index (χ4v) is 2.50. The van der Waals surface area contributed by atoms with Gasteiger partial charge in [0.05, 0.1) is 12.0 Å². The van der Waals surface area contributed by atoms with Gasteiger partial charge in [0.15, 0.2) is 0 Å². The van der Waals surface area contributed by atoms with Crippen LogP contribution in [0.2, 0.25) is 0 Å². The number of rotatable bonds is 2.